The number of aryl methyl sites for hydroxylation is 1. The summed E-state index contributed by atoms with van der Waals surface area (Å²) < 4.78 is 0. The lowest BCUT2D eigenvalue weighted by molar-refractivity contribution is 0.181. The lowest BCUT2D eigenvalue weighted by atomic mass is 10.3. The summed E-state index contributed by atoms with van der Waals surface area (Å²) in [4.78, 5) is 18.1. The van der Waals surface area contributed by atoms with Gasteiger partial charge < -0.3 is 20.7 Å². The third kappa shape index (κ3) is 2.40. The number of aliphatic hydroxyl groups is 1. The molecule has 4 N–H and O–H groups in total. The molecule has 0 aromatic carbocycles. The molecule has 0 bridgehead atoms. The second kappa shape index (κ2) is 4.36. The highest BCUT2D eigenvalue weighted by Crippen LogP contribution is 2.02. The highest BCUT2D eigenvalue weighted by molar-refractivity contribution is 5.93. The number of aromatic amines is 1. The van der Waals surface area contributed by atoms with Crippen LogP contribution in [0.2, 0.25) is 0 Å². The van der Waals surface area contributed by atoms with Crippen LogP contribution in [-0.2, 0) is 0 Å². The first-order valence-corrected chi connectivity index (χ1v) is 5.08. The average molecular weight is 222 g/mol. The van der Waals surface area contributed by atoms with Crippen molar-refractivity contribution in [3.05, 3.63) is 28.2 Å². The van der Waals surface area contributed by atoms with Crippen LogP contribution in [0.25, 0.3) is 0 Å². The summed E-state index contributed by atoms with van der Waals surface area (Å²) in [5.41, 5.74) is 1.21. The molecule has 6 nitrogen and oxygen atoms in total. The van der Waals surface area contributed by atoms with Gasteiger partial charge in [0.1, 0.15) is 5.69 Å². The Morgan fingerprint density at radius 2 is 2.44 bits per heavy atom. The van der Waals surface area contributed by atoms with Crippen molar-refractivity contribution in [3.63, 3.8) is 0 Å². The quantitative estimate of drug-likeness (QED) is 0.511. The maximum absolute atomic E-state index is 11.5. The summed E-state index contributed by atoms with van der Waals surface area (Å²) in [6, 6.07) is 1.74. The number of guanidine groups is 1. The Hall–Kier alpha value is -1.82. The van der Waals surface area contributed by atoms with E-state index in [1.807, 2.05) is 6.92 Å². The van der Waals surface area contributed by atoms with E-state index in [0.29, 0.717) is 24.7 Å². The highest BCUT2D eigenvalue weighted by atomic mass is 16.3. The number of H-pyrrole nitrogens is 1. The molecule has 1 aliphatic heterocycles. The summed E-state index contributed by atoms with van der Waals surface area (Å²) in [5, 5.41) is 15.0. The molecule has 1 unspecified atom stereocenters. The molecular formula is C10H14N4O2. The zero-order valence-corrected chi connectivity index (χ0v) is 8.95. The second-order valence-corrected chi connectivity index (χ2v) is 3.77. The fourth-order valence-corrected chi connectivity index (χ4v) is 1.43. The highest BCUT2D eigenvalue weighted by Gasteiger charge is 2.12. The van der Waals surface area contributed by atoms with Crippen LogP contribution < -0.4 is 16.2 Å². The average Bonchev–Trinajstić information content (AvgIpc) is 2.27. The molecule has 6 heteroatoms. The Bertz CT molecular complexity index is 466. The van der Waals surface area contributed by atoms with E-state index < -0.39 is 6.10 Å². The van der Waals surface area contributed by atoms with Gasteiger partial charge in [0.2, 0.25) is 0 Å². The lowest BCUT2D eigenvalue weighted by Crippen LogP contribution is -2.43. The molecule has 0 radical (unpaired) electrons. The number of hydrogen-bond donors (Lipinski definition) is 4. The fourth-order valence-electron chi connectivity index (χ4n) is 1.43. The number of hydrogen-bond acceptors (Lipinski definition) is 5. The van der Waals surface area contributed by atoms with Crippen LogP contribution >= 0.6 is 0 Å². The Morgan fingerprint density at radius 3 is 3.12 bits per heavy atom. The van der Waals surface area contributed by atoms with Gasteiger partial charge in [-0.05, 0) is 18.6 Å². The largest absolute Gasteiger partial charge is 0.389 e. The van der Waals surface area contributed by atoms with E-state index in [2.05, 4.69) is 20.6 Å². The van der Waals surface area contributed by atoms with E-state index in [-0.39, 0.29) is 5.56 Å². The first-order chi connectivity index (χ1) is 7.65. The van der Waals surface area contributed by atoms with E-state index >= 15 is 0 Å². The van der Waals surface area contributed by atoms with E-state index in [4.69, 9.17) is 0 Å². The van der Waals surface area contributed by atoms with Crippen LogP contribution in [-0.4, -0.2) is 35.2 Å². The first kappa shape index (κ1) is 10.7. The van der Waals surface area contributed by atoms with Gasteiger partial charge in [0.25, 0.3) is 5.56 Å². The zero-order chi connectivity index (χ0) is 11.5. The van der Waals surface area contributed by atoms with Crippen molar-refractivity contribution in [2.75, 3.05) is 18.4 Å². The van der Waals surface area contributed by atoms with Crippen LogP contribution in [0.4, 0.5) is 5.69 Å². The number of aliphatic hydroxyl groups excluding tert-OH is 1. The molecule has 0 spiro atoms. The predicted molar refractivity (Wildman–Crippen MR) is 61.7 cm³/mol. The molecule has 2 rings (SSSR count). The van der Waals surface area contributed by atoms with Crippen molar-refractivity contribution in [1.82, 2.24) is 10.3 Å². The molecule has 86 valence electrons. The predicted octanol–water partition coefficient (Wildman–Crippen LogP) is -0.585. The van der Waals surface area contributed by atoms with Crippen molar-refractivity contribution < 1.29 is 5.11 Å². The van der Waals surface area contributed by atoms with Crippen LogP contribution in [0.15, 0.2) is 22.1 Å². The molecule has 2 heterocycles. The van der Waals surface area contributed by atoms with Gasteiger partial charge >= 0.3 is 0 Å². The minimum Gasteiger partial charge on any atom is -0.389 e. The lowest BCUT2D eigenvalue weighted by Gasteiger charge is -2.19. The number of aliphatic imine (C=N–C) groups is 1. The summed E-state index contributed by atoms with van der Waals surface area (Å²) >= 11 is 0. The van der Waals surface area contributed by atoms with Gasteiger partial charge in [-0.3, -0.25) is 9.79 Å². The van der Waals surface area contributed by atoms with Gasteiger partial charge in [0.15, 0.2) is 5.96 Å². The van der Waals surface area contributed by atoms with Crippen molar-refractivity contribution in [2.24, 2.45) is 4.99 Å². The minimum absolute atomic E-state index is 0.193. The molecule has 1 atom stereocenters. The Kier molecular flexibility index (Phi) is 2.91. The van der Waals surface area contributed by atoms with Crippen molar-refractivity contribution in [3.8, 4) is 0 Å². The molecule has 0 amide bonds. The van der Waals surface area contributed by atoms with Crippen LogP contribution in [0.3, 0.4) is 0 Å². The Balaban J connectivity index is 2.15. The molecule has 0 aliphatic carbocycles. The van der Waals surface area contributed by atoms with Crippen molar-refractivity contribution in [1.29, 1.82) is 0 Å². The summed E-state index contributed by atoms with van der Waals surface area (Å²) in [6.45, 7) is 2.68. The van der Waals surface area contributed by atoms with Crippen LogP contribution in [0.5, 0.6) is 0 Å². The second-order valence-electron chi connectivity index (χ2n) is 3.77. The van der Waals surface area contributed by atoms with Crippen molar-refractivity contribution >= 4 is 11.6 Å². The van der Waals surface area contributed by atoms with E-state index in [0.717, 1.165) is 5.56 Å². The number of anilines is 1. The SMILES string of the molecule is Cc1c[nH]c(=O)c(NC2=NCC(O)CN2)c1. The van der Waals surface area contributed by atoms with E-state index in [1.165, 1.54) is 0 Å². The van der Waals surface area contributed by atoms with Gasteiger partial charge in [-0.15, -0.1) is 0 Å². The van der Waals surface area contributed by atoms with Crippen LogP contribution in [0.1, 0.15) is 5.56 Å². The minimum atomic E-state index is -0.457. The van der Waals surface area contributed by atoms with Gasteiger partial charge in [0, 0.05) is 12.7 Å². The third-order valence-electron chi connectivity index (χ3n) is 2.27. The normalized spacial score (nSPS) is 19.9. The van der Waals surface area contributed by atoms with Crippen LogP contribution in [0, 0.1) is 6.92 Å². The smallest absolute Gasteiger partial charge is 0.271 e. The molecule has 1 aromatic heterocycles. The first-order valence-electron chi connectivity index (χ1n) is 5.08. The summed E-state index contributed by atoms with van der Waals surface area (Å²) in [6.07, 6.45) is 1.19. The Labute approximate surface area is 92.4 Å². The maximum Gasteiger partial charge on any atom is 0.271 e. The number of rotatable bonds is 1. The zero-order valence-electron chi connectivity index (χ0n) is 8.95. The van der Waals surface area contributed by atoms with Gasteiger partial charge in [-0.25, -0.2) is 0 Å². The standard InChI is InChI=1S/C10H14N4O2/c1-6-2-8(9(16)11-3-6)14-10-12-4-7(15)5-13-10/h2-3,7,15H,4-5H2,1H3,(H,11,16)(H2,12,13,14). The number of nitrogens with one attached hydrogen (secondary N) is 3. The third-order valence-corrected chi connectivity index (χ3v) is 2.27. The van der Waals surface area contributed by atoms with Gasteiger partial charge in [0.05, 0.1) is 12.6 Å². The summed E-state index contributed by atoms with van der Waals surface area (Å²) in [7, 11) is 0. The number of nitrogens with zero attached hydrogens (tertiary/aromatic N) is 1. The molecule has 1 aromatic rings. The molecule has 16 heavy (non-hydrogen) atoms. The van der Waals surface area contributed by atoms with Crippen molar-refractivity contribution in [2.45, 2.75) is 13.0 Å². The number of aromatic nitrogens is 1. The van der Waals surface area contributed by atoms with Gasteiger partial charge in [-0.1, -0.05) is 0 Å². The topological polar surface area (TPSA) is 89.5 Å². The number of β-amino-alcohol motifs (C(OH)–C–C–N with tert-alkyl or cyclic N) is 1. The molecule has 0 fully saturated rings. The molecule has 0 saturated heterocycles. The summed E-state index contributed by atoms with van der Waals surface area (Å²) in [5.74, 6) is 0.515. The Morgan fingerprint density at radius 1 is 1.62 bits per heavy atom. The fraction of sp³-hybridized carbons (Fsp3) is 0.400. The van der Waals surface area contributed by atoms with E-state index in [1.54, 1.807) is 12.3 Å². The van der Waals surface area contributed by atoms with E-state index in [9.17, 15) is 9.90 Å². The monoisotopic (exact) mass is 222 g/mol. The number of pyridine rings is 1. The van der Waals surface area contributed by atoms with Gasteiger partial charge in [-0.2, -0.15) is 0 Å². The maximum atomic E-state index is 11.5. The molecule has 1 aliphatic rings. The molecular weight excluding hydrogens is 208 g/mol. The molecule has 0 saturated carbocycles.